The summed E-state index contributed by atoms with van der Waals surface area (Å²) >= 11 is 0. The SMILES string of the molecule is CC(=O)Nc1ccc(NC(=O)COC(=O)c2cccc(O)c2)cc1. The highest BCUT2D eigenvalue weighted by Gasteiger charge is 2.11. The van der Waals surface area contributed by atoms with Gasteiger partial charge in [-0.05, 0) is 42.5 Å². The highest BCUT2D eigenvalue weighted by atomic mass is 16.5. The summed E-state index contributed by atoms with van der Waals surface area (Å²) in [6, 6.07) is 12.1. The van der Waals surface area contributed by atoms with Crippen molar-refractivity contribution in [2.24, 2.45) is 0 Å². The van der Waals surface area contributed by atoms with Crippen molar-refractivity contribution in [2.45, 2.75) is 6.92 Å². The number of nitrogens with one attached hydrogen (secondary N) is 2. The Kier molecular flexibility index (Phi) is 5.51. The molecule has 0 aliphatic rings. The molecule has 0 unspecified atom stereocenters. The fourth-order valence-corrected chi connectivity index (χ4v) is 1.88. The maximum Gasteiger partial charge on any atom is 0.338 e. The number of ether oxygens (including phenoxy) is 1. The maximum absolute atomic E-state index is 11.8. The Morgan fingerprint density at radius 1 is 1.00 bits per heavy atom. The lowest BCUT2D eigenvalue weighted by molar-refractivity contribution is -0.119. The van der Waals surface area contributed by atoms with Gasteiger partial charge >= 0.3 is 5.97 Å². The topological polar surface area (TPSA) is 105 Å². The molecule has 2 aromatic carbocycles. The van der Waals surface area contributed by atoms with Crippen LogP contribution in [-0.4, -0.2) is 29.5 Å². The van der Waals surface area contributed by atoms with Gasteiger partial charge in [0.2, 0.25) is 5.91 Å². The molecule has 0 aromatic heterocycles. The minimum atomic E-state index is -0.706. The molecule has 3 N–H and O–H groups in total. The molecule has 0 spiro atoms. The molecule has 0 fully saturated rings. The second kappa shape index (κ2) is 7.77. The Balaban J connectivity index is 1.84. The Labute approximate surface area is 138 Å². The smallest absolute Gasteiger partial charge is 0.338 e. The zero-order valence-corrected chi connectivity index (χ0v) is 12.9. The lowest BCUT2D eigenvalue weighted by Gasteiger charge is -2.08. The molecule has 7 heteroatoms. The summed E-state index contributed by atoms with van der Waals surface area (Å²) in [5, 5.41) is 14.5. The van der Waals surface area contributed by atoms with E-state index in [1.54, 1.807) is 24.3 Å². The average molecular weight is 328 g/mol. The standard InChI is InChI=1S/C17H16N2O5/c1-11(20)18-13-5-7-14(8-6-13)19-16(22)10-24-17(23)12-3-2-4-15(21)9-12/h2-9,21H,10H2,1H3,(H,18,20)(H,19,22). The van der Waals surface area contributed by atoms with Gasteiger partial charge in [-0.2, -0.15) is 0 Å². The first-order valence-corrected chi connectivity index (χ1v) is 7.08. The normalized spacial score (nSPS) is 9.88. The van der Waals surface area contributed by atoms with Crippen molar-refractivity contribution in [3.05, 3.63) is 54.1 Å². The van der Waals surface area contributed by atoms with Crippen molar-refractivity contribution in [3.63, 3.8) is 0 Å². The number of hydrogen-bond acceptors (Lipinski definition) is 5. The monoisotopic (exact) mass is 328 g/mol. The largest absolute Gasteiger partial charge is 0.508 e. The second-order valence-electron chi connectivity index (χ2n) is 4.93. The molecular formula is C17H16N2O5. The van der Waals surface area contributed by atoms with Crippen LogP contribution in [0.5, 0.6) is 5.75 Å². The van der Waals surface area contributed by atoms with E-state index in [9.17, 15) is 19.5 Å². The van der Waals surface area contributed by atoms with Gasteiger partial charge < -0.3 is 20.5 Å². The van der Waals surface area contributed by atoms with Crippen LogP contribution in [0.4, 0.5) is 11.4 Å². The first kappa shape index (κ1) is 17.0. The number of esters is 1. The molecule has 0 aliphatic carbocycles. The van der Waals surface area contributed by atoms with Gasteiger partial charge in [0.1, 0.15) is 5.75 Å². The van der Waals surface area contributed by atoms with Gasteiger partial charge in [-0.25, -0.2) is 4.79 Å². The molecule has 0 atom stereocenters. The van der Waals surface area contributed by atoms with Crippen LogP contribution in [-0.2, 0) is 14.3 Å². The number of rotatable bonds is 5. The molecule has 0 bridgehead atoms. The molecule has 24 heavy (non-hydrogen) atoms. The number of aromatic hydroxyl groups is 1. The lowest BCUT2D eigenvalue weighted by atomic mass is 10.2. The maximum atomic E-state index is 11.8. The lowest BCUT2D eigenvalue weighted by Crippen LogP contribution is -2.20. The number of carbonyl (C=O) groups excluding carboxylic acids is 3. The number of hydrogen-bond donors (Lipinski definition) is 3. The van der Waals surface area contributed by atoms with Gasteiger partial charge in [0.25, 0.3) is 5.91 Å². The van der Waals surface area contributed by atoms with E-state index in [1.807, 2.05) is 0 Å². The fraction of sp³-hybridized carbons (Fsp3) is 0.118. The highest BCUT2D eigenvalue weighted by molar-refractivity contribution is 5.96. The number of phenolic OH excluding ortho intramolecular Hbond substituents is 1. The van der Waals surface area contributed by atoms with Gasteiger partial charge in [-0.15, -0.1) is 0 Å². The van der Waals surface area contributed by atoms with E-state index in [-0.39, 0.29) is 17.2 Å². The van der Waals surface area contributed by atoms with Crippen LogP contribution in [0.3, 0.4) is 0 Å². The van der Waals surface area contributed by atoms with Crippen molar-refractivity contribution >= 4 is 29.2 Å². The van der Waals surface area contributed by atoms with Crippen molar-refractivity contribution in [1.82, 2.24) is 0 Å². The third-order valence-electron chi connectivity index (χ3n) is 2.91. The first-order valence-electron chi connectivity index (χ1n) is 7.08. The summed E-state index contributed by atoms with van der Waals surface area (Å²) in [6.07, 6.45) is 0. The third kappa shape index (κ3) is 5.13. The summed E-state index contributed by atoms with van der Waals surface area (Å²) in [7, 11) is 0. The summed E-state index contributed by atoms with van der Waals surface area (Å²) in [5.41, 5.74) is 1.26. The zero-order chi connectivity index (χ0) is 17.5. The molecule has 7 nitrogen and oxygen atoms in total. The number of phenols is 1. The van der Waals surface area contributed by atoms with Crippen LogP contribution >= 0.6 is 0 Å². The van der Waals surface area contributed by atoms with Crippen LogP contribution < -0.4 is 10.6 Å². The van der Waals surface area contributed by atoms with E-state index in [0.717, 1.165) is 0 Å². The Hall–Kier alpha value is -3.35. The second-order valence-corrected chi connectivity index (χ2v) is 4.93. The molecule has 2 rings (SSSR count). The number of benzene rings is 2. The van der Waals surface area contributed by atoms with E-state index in [0.29, 0.717) is 11.4 Å². The zero-order valence-electron chi connectivity index (χ0n) is 12.9. The summed E-state index contributed by atoms with van der Waals surface area (Å²) in [5.74, 6) is -1.46. The first-order chi connectivity index (χ1) is 11.4. The number of anilines is 2. The Bertz CT molecular complexity index is 756. The van der Waals surface area contributed by atoms with Crippen LogP contribution in [0.2, 0.25) is 0 Å². The van der Waals surface area contributed by atoms with Gasteiger partial charge in [0.15, 0.2) is 6.61 Å². The fourth-order valence-electron chi connectivity index (χ4n) is 1.88. The van der Waals surface area contributed by atoms with Gasteiger partial charge in [-0.3, -0.25) is 9.59 Å². The molecule has 0 aliphatic heterocycles. The summed E-state index contributed by atoms with van der Waals surface area (Å²) in [4.78, 5) is 34.4. The van der Waals surface area contributed by atoms with E-state index in [1.165, 1.54) is 31.2 Å². The van der Waals surface area contributed by atoms with Crippen molar-refractivity contribution in [1.29, 1.82) is 0 Å². The highest BCUT2D eigenvalue weighted by Crippen LogP contribution is 2.14. The van der Waals surface area contributed by atoms with Crippen molar-refractivity contribution in [2.75, 3.05) is 17.2 Å². The Morgan fingerprint density at radius 3 is 2.21 bits per heavy atom. The minimum absolute atomic E-state index is 0.0619. The molecule has 0 heterocycles. The van der Waals surface area contributed by atoms with E-state index < -0.39 is 18.5 Å². The third-order valence-corrected chi connectivity index (χ3v) is 2.91. The van der Waals surface area contributed by atoms with Crippen LogP contribution in [0, 0.1) is 0 Å². The van der Waals surface area contributed by atoms with Crippen molar-refractivity contribution < 1.29 is 24.2 Å². The molecule has 124 valence electrons. The van der Waals surface area contributed by atoms with Crippen molar-refractivity contribution in [3.8, 4) is 5.75 Å². The number of amides is 2. The van der Waals surface area contributed by atoms with Crippen LogP contribution in [0.1, 0.15) is 17.3 Å². The minimum Gasteiger partial charge on any atom is -0.508 e. The van der Waals surface area contributed by atoms with Crippen LogP contribution in [0.25, 0.3) is 0 Å². The van der Waals surface area contributed by atoms with E-state index in [2.05, 4.69) is 10.6 Å². The quantitative estimate of drug-likeness (QED) is 0.729. The average Bonchev–Trinajstić information content (AvgIpc) is 2.54. The van der Waals surface area contributed by atoms with E-state index >= 15 is 0 Å². The van der Waals surface area contributed by atoms with Gasteiger partial charge in [-0.1, -0.05) is 6.07 Å². The van der Waals surface area contributed by atoms with Gasteiger partial charge in [0, 0.05) is 18.3 Å². The van der Waals surface area contributed by atoms with Gasteiger partial charge in [0.05, 0.1) is 5.56 Å². The molecule has 0 saturated heterocycles. The predicted molar refractivity (Wildman–Crippen MR) is 87.8 cm³/mol. The summed E-state index contributed by atoms with van der Waals surface area (Å²) in [6.45, 7) is 0.943. The molecule has 2 amide bonds. The molecule has 0 saturated carbocycles. The van der Waals surface area contributed by atoms with E-state index in [4.69, 9.17) is 4.74 Å². The molecule has 2 aromatic rings. The number of carbonyl (C=O) groups is 3. The predicted octanol–water partition coefficient (Wildman–Crippen LogP) is 2.15. The Morgan fingerprint density at radius 2 is 1.62 bits per heavy atom. The molecular weight excluding hydrogens is 312 g/mol. The molecule has 0 radical (unpaired) electrons. The van der Waals surface area contributed by atoms with Crippen LogP contribution in [0.15, 0.2) is 48.5 Å². The summed E-state index contributed by atoms with van der Waals surface area (Å²) < 4.78 is 4.87.